The van der Waals surface area contributed by atoms with Gasteiger partial charge in [0.15, 0.2) is 0 Å². The Kier molecular flexibility index (Phi) is 3.28. The van der Waals surface area contributed by atoms with Crippen LogP contribution >= 0.6 is 0 Å². The van der Waals surface area contributed by atoms with Crippen LogP contribution in [-0.4, -0.2) is 21.0 Å². The summed E-state index contributed by atoms with van der Waals surface area (Å²) in [6.07, 6.45) is 0. The number of carboxylic acids is 1. The highest BCUT2D eigenvalue weighted by Gasteiger charge is 2.12. The highest BCUT2D eigenvalue weighted by molar-refractivity contribution is 5.89. The topological polar surface area (TPSA) is 66.0 Å². The van der Waals surface area contributed by atoms with E-state index in [0.29, 0.717) is 0 Å². The quantitative estimate of drug-likeness (QED) is 0.766. The van der Waals surface area contributed by atoms with Crippen molar-refractivity contribution < 1.29 is 9.90 Å². The Bertz CT molecular complexity index is 792. The summed E-state index contributed by atoms with van der Waals surface area (Å²) in [5.74, 6) is -0.155. The standard InChI is InChI=1S/C17H14N2O2/c1-11-15(13-8-5-9-14(10-13)17(20)21)19-16(18-11)12-6-3-2-4-7-12/h2-10H,1H3,(H,18,19)(H,20,21). The van der Waals surface area contributed by atoms with Crippen LogP contribution in [0.1, 0.15) is 16.1 Å². The Morgan fingerprint density at radius 2 is 1.76 bits per heavy atom. The second-order valence-electron chi connectivity index (χ2n) is 4.81. The van der Waals surface area contributed by atoms with Crippen molar-refractivity contribution >= 4 is 5.97 Å². The number of benzene rings is 2. The molecule has 0 fully saturated rings. The third-order valence-electron chi connectivity index (χ3n) is 3.31. The first-order valence-corrected chi connectivity index (χ1v) is 6.61. The maximum atomic E-state index is 11.1. The monoisotopic (exact) mass is 278 g/mol. The molecule has 0 aliphatic rings. The first kappa shape index (κ1) is 13.1. The van der Waals surface area contributed by atoms with Crippen LogP contribution in [0, 0.1) is 6.92 Å². The predicted octanol–water partition coefficient (Wildman–Crippen LogP) is 3.75. The molecule has 4 heteroatoms. The minimum Gasteiger partial charge on any atom is -0.478 e. The van der Waals surface area contributed by atoms with Gasteiger partial charge in [0.2, 0.25) is 0 Å². The molecule has 0 radical (unpaired) electrons. The number of imidazole rings is 1. The fourth-order valence-corrected chi connectivity index (χ4v) is 2.27. The molecule has 1 aromatic heterocycles. The number of carboxylic acid groups (broad SMARTS) is 1. The zero-order chi connectivity index (χ0) is 14.8. The van der Waals surface area contributed by atoms with Crippen LogP contribution in [-0.2, 0) is 0 Å². The van der Waals surface area contributed by atoms with E-state index in [1.165, 1.54) is 0 Å². The van der Waals surface area contributed by atoms with Crippen molar-refractivity contribution in [2.45, 2.75) is 6.92 Å². The van der Waals surface area contributed by atoms with Gasteiger partial charge in [-0.25, -0.2) is 9.78 Å². The molecule has 4 nitrogen and oxygen atoms in total. The average Bonchev–Trinajstić information content (AvgIpc) is 2.90. The molecule has 0 amide bonds. The van der Waals surface area contributed by atoms with E-state index in [1.54, 1.807) is 18.2 Å². The number of hydrogen-bond donors (Lipinski definition) is 2. The first-order valence-electron chi connectivity index (χ1n) is 6.61. The van der Waals surface area contributed by atoms with Crippen molar-refractivity contribution in [1.29, 1.82) is 0 Å². The van der Waals surface area contributed by atoms with Crippen LogP contribution < -0.4 is 0 Å². The number of aryl methyl sites for hydroxylation is 1. The van der Waals surface area contributed by atoms with Crippen molar-refractivity contribution in [2.75, 3.05) is 0 Å². The molecule has 0 aliphatic carbocycles. The molecular formula is C17H14N2O2. The fourth-order valence-electron chi connectivity index (χ4n) is 2.27. The van der Waals surface area contributed by atoms with Crippen LogP contribution in [0.2, 0.25) is 0 Å². The Hall–Kier alpha value is -2.88. The van der Waals surface area contributed by atoms with Crippen molar-refractivity contribution in [2.24, 2.45) is 0 Å². The van der Waals surface area contributed by atoms with Gasteiger partial charge in [-0.3, -0.25) is 0 Å². The Balaban J connectivity index is 2.06. The van der Waals surface area contributed by atoms with E-state index in [9.17, 15) is 4.79 Å². The minimum atomic E-state index is -0.937. The van der Waals surface area contributed by atoms with Crippen molar-refractivity contribution in [3.63, 3.8) is 0 Å². The molecule has 1 heterocycles. The lowest BCUT2D eigenvalue weighted by Gasteiger charge is -2.00. The lowest BCUT2D eigenvalue weighted by molar-refractivity contribution is 0.0697. The van der Waals surface area contributed by atoms with E-state index in [4.69, 9.17) is 5.11 Å². The van der Waals surface area contributed by atoms with Gasteiger partial charge < -0.3 is 10.1 Å². The number of H-pyrrole nitrogens is 1. The second-order valence-corrected chi connectivity index (χ2v) is 4.81. The number of hydrogen-bond acceptors (Lipinski definition) is 2. The zero-order valence-electron chi connectivity index (χ0n) is 11.5. The molecule has 0 saturated carbocycles. The largest absolute Gasteiger partial charge is 0.478 e. The van der Waals surface area contributed by atoms with Gasteiger partial charge in [-0.05, 0) is 19.1 Å². The van der Waals surface area contributed by atoms with E-state index in [1.807, 2.05) is 43.3 Å². The maximum absolute atomic E-state index is 11.1. The molecule has 2 N–H and O–H groups in total. The molecule has 0 aliphatic heterocycles. The van der Waals surface area contributed by atoms with E-state index < -0.39 is 5.97 Å². The highest BCUT2D eigenvalue weighted by atomic mass is 16.4. The number of nitrogens with one attached hydrogen (secondary N) is 1. The van der Waals surface area contributed by atoms with Crippen molar-refractivity contribution in [3.8, 4) is 22.6 Å². The number of rotatable bonds is 3. The summed E-state index contributed by atoms with van der Waals surface area (Å²) in [6.45, 7) is 1.93. The minimum absolute atomic E-state index is 0.260. The number of aromatic carboxylic acids is 1. The molecule has 3 rings (SSSR count). The number of aromatic amines is 1. The molecule has 0 atom stereocenters. The second kappa shape index (κ2) is 5.25. The summed E-state index contributed by atoms with van der Waals surface area (Å²) in [5, 5.41) is 9.08. The predicted molar refractivity (Wildman–Crippen MR) is 81.2 cm³/mol. The van der Waals surface area contributed by atoms with E-state index in [0.717, 1.165) is 28.3 Å². The van der Waals surface area contributed by atoms with Gasteiger partial charge >= 0.3 is 5.97 Å². The van der Waals surface area contributed by atoms with Gasteiger partial charge in [0.1, 0.15) is 5.82 Å². The van der Waals surface area contributed by atoms with Gasteiger partial charge in [-0.1, -0.05) is 42.5 Å². The summed E-state index contributed by atoms with van der Waals surface area (Å²) in [5.41, 5.74) is 3.75. The molecule has 0 spiro atoms. The van der Waals surface area contributed by atoms with Crippen LogP contribution in [0.15, 0.2) is 54.6 Å². The molecule has 104 valence electrons. The van der Waals surface area contributed by atoms with Crippen LogP contribution in [0.3, 0.4) is 0 Å². The average molecular weight is 278 g/mol. The number of carbonyl (C=O) groups is 1. The van der Waals surface area contributed by atoms with E-state index in [2.05, 4.69) is 9.97 Å². The summed E-state index contributed by atoms with van der Waals surface area (Å²) in [7, 11) is 0. The molecule has 21 heavy (non-hydrogen) atoms. The van der Waals surface area contributed by atoms with Gasteiger partial charge in [0, 0.05) is 16.8 Å². The molecule has 0 unspecified atom stereocenters. The molecule has 0 saturated heterocycles. The fraction of sp³-hybridized carbons (Fsp3) is 0.0588. The highest BCUT2D eigenvalue weighted by Crippen LogP contribution is 2.26. The third-order valence-corrected chi connectivity index (χ3v) is 3.31. The van der Waals surface area contributed by atoms with Crippen molar-refractivity contribution in [3.05, 3.63) is 65.9 Å². The van der Waals surface area contributed by atoms with Crippen LogP contribution in [0.5, 0.6) is 0 Å². The normalized spacial score (nSPS) is 10.5. The Labute approximate surface area is 122 Å². The maximum Gasteiger partial charge on any atom is 0.335 e. The SMILES string of the molecule is Cc1[nH]c(-c2ccccc2)nc1-c1cccc(C(=O)O)c1. The molecule has 3 aromatic rings. The van der Waals surface area contributed by atoms with E-state index in [-0.39, 0.29) is 5.56 Å². The first-order chi connectivity index (χ1) is 10.1. The van der Waals surface area contributed by atoms with Crippen LogP contribution in [0.25, 0.3) is 22.6 Å². The summed E-state index contributed by atoms with van der Waals surface area (Å²) in [6, 6.07) is 16.6. The summed E-state index contributed by atoms with van der Waals surface area (Å²) in [4.78, 5) is 18.9. The molecular weight excluding hydrogens is 264 g/mol. The molecule has 0 bridgehead atoms. The lowest BCUT2D eigenvalue weighted by Crippen LogP contribution is -1.96. The van der Waals surface area contributed by atoms with Gasteiger partial charge in [-0.2, -0.15) is 0 Å². The lowest BCUT2D eigenvalue weighted by atomic mass is 10.1. The smallest absolute Gasteiger partial charge is 0.335 e. The van der Waals surface area contributed by atoms with Crippen LogP contribution in [0.4, 0.5) is 0 Å². The van der Waals surface area contributed by atoms with Gasteiger partial charge in [0.05, 0.1) is 11.3 Å². The van der Waals surface area contributed by atoms with Crippen molar-refractivity contribution in [1.82, 2.24) is 9.97 Å². The zero-order valence-corrected chi connectivity index (χ0v) is 11.5. The number of nitrogens with zero attached hydrogens (tertiary/aromatic N) is 1. The van der Waals surface area contributed by atoms with E-state index >= 15 is 0 Å². The Morgan fingerprint density at radius 1 is 1.05 bits per heavy atom. The number of aromatic nitrogens is 2. The third kappa shape index (κ3) is 2.56. The summed E-state index contributed by atoms with van der Waals surface area (Å²) >= 11 is 0. The van der Waals surface area contributed by atoms with Gasteiger partial charge in [0.25, 0.3) is 0 Å². The molecule has 2 aromatic carbocycles. The Morgan fingerprint density at radius 3 is 2.48 bits per heavy atom. The van der Waals surface area contributed by atoms with Gasteiger partial charge in [-0.15, -0.1) is 0 Å². The summed E-state index contributed by atoms with van der Waals surface area (Å²) < 4.78 is 0.